The molecule has 23 heavy (non-hydrogen) atoms. The molecule has 0 amide bonds. The zero-order valence-electron chi connectivity index (χ0n) is 14.3. The molecule has 0 aromatic heterocycles. The molecule has 0 bridgehead atoms. The molecule has 0 heterocycles. The van der Waals surface area contributed by atoms with Crippen LogP contribution in [0.25, 0.3) is 0 Å². The number of unbranched alkanes of at least 4 members (excludes halogenated alkanes) is 10. The molecule has 0 fully saturated rings. The molecular formula is C18H31Cl3O2. The third kappa shape index (κ3) is 16.7. The molecule has 5 heteroatoms. The van der Waals surface area contributed by atoms with Gasteiger partial charge in [-0.1, -0.05) is 105 Å². The Morgan fingerprint density at radius 3 is 1.83 bits per heavy atom. The number of rotatable bonds is 14. The number of carbonyl (C=O) groups is 1. The summed E-state index contributed by atoms with van der Waals surface area (Å²) in [6.07, 6.45) is 19.2. The van der Waals surface area contributed by atoms with Gasteiger partial charge in [0.25, 0.3) is 3.79 Å². The summed E-state index contributed by atoms with van der Waals surface area (Å²) < 4.78 is 2.92. The lowest BCUT2D eigenvalue weighted by Crippen LogP contribution is -2.22. The maximum absolute atomic E-state index is 11.2. The molecule has 0 radical (unpaired) electrons. The highest BCUT2D eigenvalue weighted by Crippen LogP contribution is 2.27. The SMILES string of the molecule is CCCC/C=C/CCCCCCCCCCOC(=O)C(Cl)(Cl)Cl. The van der Waals surface area contributed by atoms with Crippen LogP contribution in [0.3, 0.4) is 0 Å². The summed E-state index contributed by atoms with van der Waals surface area (Å²) in [6.45, 7) is 2.56. The van der Waals surface area contributed by atoms with E-state index < -0.39 is 9.76 Å². The van der Waals surface area contributed by atoms with Gasteiger partial charge in [0, 0.05) is 0 Å². The van der Waals surface area contributed by atoms with Crippen LogP contribution in [0.1, 0.15) is 84.0 Å². The van der Waals surface area contributed by atoms with Crippen LogP contribution >= 0.6 is 34.8 Å². The van der Waals surface area contributed by atoms with Crippen molar-refractivity contribution in [2.75, 3.05) is 6.61 Å². The van der Waals surface area contributed by atoms with Crippen LogP contribution in [0, 0.1) is 0 Å². The summed E-state index contributed by atoms with van der Waals surface area (Å²) in [4.78, 5) is 11.2. The quantitative estimate of drug-likeness (QED) is 0.137. The van der Waals surface area contributed by atoms with Crippen LogP contribution < -0.4 is 0 Å². The Bertz CT molecular complexity index is 312. The number of ether oxygens (including phenoxy) is 1. The van der Waals surface area contributed by atoms with Crippen molar-refractivity contribution in [3.05, 3.63) is 12.2 Å². The Morgan fingerprint density at radius 1 is 0.826 bits per heavy atom. The van der Waals surface area contributed by atoms with Gasteiger partial charge in [-0.15, -0.1) is 0 Å². The summed E-state index contributed by atoms with van der Waals surface area (Å²) in [5, 5.41) is 0. The summed E-state index contributed by atoms with van der Waals surface area (Å²) in [7, 11) is 0. The highest BCUT2D eigenvalue weighted by atomic mass is 35.6. The number of carbonyl (C=O) groups excluding carboxylic acids is 1. The second kappa shape index (κ2) is 15.6. The minimum Gasteiger partial charge on any atom is -0.463 e. The molecule has 0 spiro atoms. The van der Waals surface area contributed by atoms with E-state index in [1.807, 2.05) is 0 Å². The average Bonchev–Trinajstić information content (AvgIpc) is 2.50. The van der Waals surface area contributed by atoms with Crippen molar-refractivity contribution in [2.45, 2.75) is 87.8 Å². The highest BCUT2D eigenvalue weighted by molar-refractivity contribution is 6.75. The normalized spacial score (nSPS) is 12.0. The van der Waals surface area contributed by atoms with Gasteiger partial charge in [-0.2, -0.15) is 0 Å². The topological polar surface area (TPSA) is 26.3 Å². The fraction of sp³-hybridized carbons (Fsp3) is 0.833. The van der Waals surface area contributed by atoms with Gasteiger partial charge in [0.05, 0.1) is 6.61 Å². The molecule has 136 valence electrons. The molecule has 0 aliphatic rings. The van der Waals surface area contributed by atoms with Gasteiger partial charge in [-0.05, 0) is 25.7 Å². The lowest BCUT2D eigenvalue weighted by molar-refractivity contribution is -0.142. The predicted octanol–water partition coefficient (Wildman–Crippen LogP) is 7.16. The van der Waals surface area contributed by atoms with Gasteiger partial charge in [0.15, 0.2) is 0 Å². The Kier molecular flexibility index (Phi) is 15.7. The predicted molar refractivity (Wildman–Crippen MR) is 101 cm³/mol. The first-order chi connectivity index (χ1) is 11.0. The zero-order valence-corrected chi connectivity index (χ0v) is 16.6. The Balaban J connectivity index is 3.19. The fourth-order valence-electron chi connectivity index (χ4n) is 2.23. The summed E-state index contributed by atoms with van der Waals surface area (Å²) in [5.74, 6) is -0.786. The van der Waals surface area contributed by atoms with E-state index in [1.165, 1.54) is 64.2 Å². The number of hydrogen-bond acceptors (Lipinski definition) is 2. The third-order valence-electron chi connectivity index (χ3n) is 3.62. The van der Waals surface area contributed by atoms with Crippen molar-refractivity contribution in [3.8, 4) is 0 Å². The van der Waals surface area contributed by atoms with Crippen LogP contribution in [0.4, 0.5) is 0 Å². The molecular weight excluding hydrogens is 355 g/mol. The van der Waals surface area contributed by atoms with Crippen LogP contribution in [-0.2, 0) is 9.53 Å². The van der Waals surface area contributed by atoms with Crippen molar-refractivity contribution in [1.29, 1.82) is 0 Å². The molecule has 0 aliphatic heterocycles. The third-order valence-corrected chi connectivity index (χ3v) is 4.08. The molecule has 0 unspecified atom stereocenters. The van der Waals surface area contributed by atoms with E-state index in [1.54, 1.807) is 0 Å². The number of alkyl halides is 3. The van der Waals surface area contributed by atoms with Crippen LogP contribution in [-0.4, -0.2) is 16.4 Å². The van der Waals surface area contributed by atoms with Gasteiger partial charge in [-0.25, -0.2) is 4.79 Å². The summed E-state index contributed by atoms with van der Waals surface area (Å²) in [5.41, 5.74) is 0. The van der Waals surface area contributed by atoms with Crippen molar-refractivity contribution in [2.24, 2.45) is 0 Å². The fourth-order valence-corrected chi connectivity index (χ4v) is 2.39. The standard InChI is InChI=1S/C18H31Cl3O2/c1-2-3-4-5-6-7-8-9-10-11-12-13-14-15-16-23-17(22)18(19,20)21/h5-6H,2-4,7-16H2,1H3/b6-5+. The Labute approximate surface area is 156 Å². The van der Waals surface area contributed by atoms with Crippen molar-refractivity contribution >= 4 is 40.8 Å². The second-order valence-electron chi connectivity index (χ2n) is 5.86. The van der Waals surface area contributed by atoms with E-state index in [2.05, 4.69) is 19.1 Å². The van der Waals surface area contributed by atoms with Gasteiger partial charge in [-0.3, -0.25) is 0 Å². The molecule has 0 atom stereocenters. The molecule has 0 saturated heterocycles. The Hall–Kier alpha value is 0.0800. The molecule has 0 N–H and O–H groups in total. The Morgan fingerprint density at radius 2 is 1.30 bits per heavy atom. The first kappa shape index (κ1) is 23.1. The summed E-state index contributed by atoms with van der Waals surface area (Å²) in [6, 6.07) is 0. The number of allylic oxidation sites excluding steroid dienone is 2. The average molecular weight is 386 g/mol. The monoisotopic (exact) mass is 384 g/mol. The minimum atomic E-state index is -1.95. The smallest absolute Gasteiger partial charge is 0.358 e. The van der Waals surface area contributed by atoms with Crippen molar-refractivity contribution in [1.82, 2.24) is 0 Å². The summed E-state index contributed by atoms with van der Waals surface area (Å²) >= 11 is 16.2. The molecule has 0 aliphatic carbocycles. The molecule has 2 nitrogen and oxygen atoms in total. The van der Waals surface area contributed by atoms with E-state index in [0.717, 1.165) is 12.8 Å². The first-order valence-corrected chi connectivity index (χ1v) is 10.0. The van der Waals surface area contributed by atoms with Crippen molar-refractivity contribution < 1.29 is 9.53 Å². The van der Waals surface area contributed by atoms with E-state index in [9.17, 15) is 4.79 Å². The van der Waals surface area contributed by atoms with Crippen molar-refractivity contribution in [3.63, 3.8) is 0 Å². The van der Waals surface area contributed by atoms with E-state index in [0.29, 0.717) is 6.61 Å². The van der Waals surface area contributed by atoms with Gasteiger partial charge < -0.3 is 4.74 Å². The zero-order chi connectivity index (χ0) is 17.4. The second-order valence-corrected chi connectivity index (χ2v) is 8.15. The van der Waals surface area contributed by atoms with Gasteiger partial charge in [0.1, 0.15) is 0 Å². The molecule has 0 rings (SSSR count). The maximum Gasteiger partial charge on any atom is 0.358 e. The molecule has 0 saturated carbocycles. The van der Waals surface area contributed by atoms with Gasteiger partial charge >= 0.3 is 5.97 Å². The molecule has 0 aromatic carbocycles. The van der Waals surface area contributed by atoms with E-state index in [4.69, 9.17) is 39.5 Å². The van der Waals surface area contributed by atoms with Crippen LogP contribution in [0.5, 0.6) is 0 Å². The maximum atomic E-state index is 11.2. The largest absolute Gasteiger partial charge is 0.463 e. The molecule has 0 aromatic rings. The van der Waals surface area contributed by atoms with Crippen LogP contribution in [0.15, 0.2) is 12.2 Å². The number of halogens is 3. The van der Waals surface area contributed by atoms with E-state index in [-0.39, 0.29) is 0 Å². The first-order valence-electron chi connectivity index (χ1n) is 8.87. The van der Waals surface area contributed by atoms with E-state index >= 15 is 0 Å². The number of hydrogen-bond donors (Lipinski definition) is 0. The lowest BCUT2D eigenvalue weighted by Gasteiger charge is -2.10. The lowest BCUT2D eigenvalue weighted by atomic mass is 10.1. The minimum absolute atomic E-state index is 0.330. The van der Waals surface area contributed by atoms with Crippen LogP contribution in [0.2, 0.25) is 0 Å². The highest BCUT2D eigenvalue weighted by Gasteiger charge is 2.32. The van der Waals surface area contributed by atoms with Gasteiger partial charge in [0.2, 0.25) is 0 Å². The number of esters is 1.